The molecule has 1 saturated heterocycles. The first-order valence-electron chi connectivity index (χ1n) is 6.52. The van der Waals surface area contributed by atoms with E-state index in [1.165, 1.54) is 18.4 Å². The lowest BCUT2D eigenvalue weighted by Crippen LogP contribution is -2.52. The van der Waals surface area contributed by atoms with Crippen LogP contribution in [-0.4, -0.2) is 11.7 Å². The van der Waals surface area contributed by atoms with Crippen molar-refractivity contribution in [1.82, 2.24) is 0 Å². The molecule has 0 aromatic rings. The fraction of sp³-hybridized carbons (Fsp3) is 0.733. The highest BCUT2D eigenvalue weighted by Crippen LogP contribution is 2.67. The maximum atomic E-state index is 6.13. The molecule has 5 atom stereocenters. The number of hydrogen-bond acceptors (Lipinski definition) is 1. The van der Waals surface area contributed by atoms with E-state index in [0.717, 1.165) is 12.3 Å². The Labute approximate surface area is 98.6 Å². The Morgan fingerprint density at radius 2 is 2.19 bits per heavy atom. The van der Waals surface area contributed by atoms with Gasteiger partial charge in [0.1, 0.15) is 5.60 Å². The summed E-state index contributed by atoms with van der Waals surface area (Å²) in [4.78, 5) is 0. The highest BCUT2D eigenvalue weighted by Gasteiger charge is 2.72. The van der Waals surface area contributed by atoms with Crippen molar-refractivity contribution in [3.8, 4) is 0 Å². The molecule has 1 aliphatic heterocycles. The largest absolute Gasteiger partial charge is 0.365 e. The van der Waals surface area contributed by atoms with Gasteiger partial charge in [0.15, 0.2) is 0 Å². The molecule has 0 unspecified atom stereocenters. The molecule has 0 aromatic carbocycles. The lowest BCUT2D eigenvalue weighted by atomic mass is 9.52. The van der Waals surface area contributed by atoms with E-state index < -0.39 is 0 Å². The summed E-state index contributed by atoms with van der Waals surface area (Å²) in [6.45, 7) is 11.2. The Balaban J connectivity index is 2.08. The molecule has 1 heteroatoms. The van der Waals surface area contributed by atoms with Crippen LogP contribution in [0.25, 0.3) is 0 Å². The summed E-state index contributed by atoms with van der Waals surface area (Å²) >= 11 is 0. The molecule has 3 aliphatic rings. The average molecular weight is 218 g/mol. The number of allylic oxidation sites excluding steroid dienone is 2. The Morgan fingerprint density at radius 1 is 1.44 bits per heavy atom. The number of ether oxygens (including phenoxy) is 1. The summed E-state index contributed by atoms with van der Waals surface area (Å²) in [5, 5.41) is 0. The van der Waals surface area contributed by atoms with Crippen molar-refractivity contribution in [1.29, 1.82) is 0 Å². The molecule has 1 nitrogen and oxygen atoms in total. The van der Waals surface area contributed by atoms with Gasteiger partial charge in [-0.2, -0.15) is 0 Å². The fourth-order valence-corrected chi connectivity index (χ4v) is 4.33. The lowest BCUT2D eigenvalue weighted by molar-refractivity contribution is 0.0166. The van der Waals surface area contributed by atoms with Gasteiger partial charge in [-0.3, -0.25) is 0 Å². The summed E-state index contributed by atoms with van der Waals surface area (Å²) in [7, 11) is 0. The van der Waals surface area contributed by atoms with Crippen LogP contribution in [0.1, 0.15) is 40.0 Å². The smallest absolute Gasteiger partial charge is 0.105 e. The Bertz CT molecular complexity index is 370. The topological polar surface area (TPSA) is 12.5 Å². The number of rotatable bonds is 1. The highest BCUT2D eigenvalue weighted by molar-refractivity contribution is 5.31. The van der Waals surface area contributed by atoms with Gasteiger partial charge in [0.05, 0.1) is 6.10 Å². The Hall–Kier alpha value is -0.560. The van der Waals surface area contributed by atoms with Crippen molar-refractivity contribution in [3.05, 3.63) is 24.3 Å². The minimum atomic E-state index is 0.156. The molecule has 1 spiro atoms. The first-order valence-corrected chi connectivity index (χ1v) is 6.52. The zero-order valence-electron chi connectivity index (χ0n) is 10.6. The molecule has 0 N–H and O–H groups in total. The van der Waals surface area contributed by atoms with E-state index in [0.29, 0.717) is 12.0 Å². The second-order valence-corrected chi connectivity index (χ2v) is 6.21. The normalized spacial score (nSPS) is 54.1. The molecule has 3 rings (SSSR count). The zero-order valence-corrected chi connectivity index (χ0v) is 10.6. The van der Waals surface area contributed by atoms with Crippen molar-refractivity contribution in [2.45, 2.75) is 51.7 Å². The predicted molar refractivity (Wildman–Crippen MR) is 66.2 cm³/mol. The van der Waals surface area contributed by atoms with Gasteiger partial charge >= 0.3 is 0 Å². The second kappa shape index (κ2) is 3.01. The molecule has 88 valence electrons. The molecule has 16 heavy (non-hydrogen) atoms. The van der Waals surface area contributed by atoms with Crippen molar-refractivity contribution < 1.29 is 4.74 Å². The van der Waals surface area contributed by atoms with Crippen LogP contribution < -0.4 is 0 Å². The molecule has 1 saturated carbocycles. The van der Waals surface area contributed by atoms with Crippen molar-refractivity contribution in [2.75, 3.05) is 0 Å². The van der Waals surface area contributed by atoms with Crippen LogP contribution >= 0.6 is 0 Å². The molecule has 0 bridgehead atoms. The van der Waals surface area contributed by atoms with Gasteiger partial charge in [-0.05, 0) is 32.1 Å². The minimum Gasteiger partial charge on any atom is -0.365 e. The Kier molecular flexibility index (Phi) is 1.99. The van der Waals surface area contributed by atoms with Crippen molar-refractivity contribution >= 4 is 0 Å². The Morgan fingerprint density at radius 3 is 2.88 bits per heavy atom. The van der Waals surface area contributed by atoms with Gasteiger partial charge in [-0.1, -0.05) is 38.2 Å². The van der Waals surface area contributed by atoms with E-state index >= 15 is 0 Å². The van der Waals surface area contributed by atoms with Crippen molar-refractivity contribution in [2.24, 2.45) is 17.3 Å². The SMILES string of the molecule is C=C(C)[C@@H]1C=CC[C@@]23O[C@@H]2CC[C@@H](C)[C@]13C. The third-order valence-electron chi connectivity index (χ3n) is 5.54. The summed E-state index contributed by atoms with van der Waals surface area (Å²) in [6.07, 6.45) is 8.89. The molecule has 1 heterocycles. The quantitative estimate of drug-likeness (QED) is 0.483. The van der Waals surface area contributed by atoms with E-state index in [9.17, 15) is 0 Å². The lowest BCUT2D eigenvalue weighted by Gasteiger charge is -2.50. The molecule has 0 radical (unpaired) electrons. The highest BCUT2D eigenvalue weighted by atomic mass is 16.6. The molecule has 2 aliphatic carbocycles. The molecular weight excluding hydrogens is 196 g/mol. The van der Waals surface area contributed by atoms with Gasteiger partial charge in [0.25, 0.3) is 0 Å². The van der Waals surface area contributed by atoms with Crippen LogP contribution in [0.2, 0.25) is 0 Å². The van der Waals surface area contributed by atoms with E-state index in [1.807, 2.05) is 0 Å². The standard InChI is InChI=1S/C15H22O/c1-10(2)12-6-5-9-15-13(16-15)8-7-11(3)14(12,15)4/h5-6,11-13H,1,7-9H2,2-4H3/t11-,12+,13-,14-,15-/m1/s1. The van der Waals surface area contributed by atoms with Gasteiger partial charge in [0, 0.05) is 11.3 Å². The fourth-order valence-electron chi connectivity index (χ4n) is 4.33. The van der Waals surface area contributed by atoms with Crippen LogP contribution in [0, 0.1) is 17.3 Å². The average Bonchev–Trinajstić information content (AvgIpc) is 2.94. The van der Waals surface area contributed by atoms with Gasteiger partial charge in [-0.15, -0.1) is 0 Å². The number of epoxide rings is 1. The molecule has 0 aromatic heterocycles. The van der Waals surface area contributed by atoms with Crippen LogP contribution in [0.5, 0.6) is 0 Å². The summed E-state index contributed by atoms with van der Waals surface area (Å²) in [6, 6.07) is 0. The molecule has 0 amide bonds. The minimum absolute atomic E-state index is 0.156. The van der Waals surface area contributed by atoms with E-state index in [-0.39, 0.29) is 11.0 Å². The summed E-state index contributed by atoms with van der Waals surface area (Å²) in [5.41, 5.74) is 1.72. The van der Waals surface area contributed by atoms with Gasteiger partial charge in [-0.25, -0.2) is 0 Å². The first kappa shape index (κ1) is 10.6. The van der Waals surface area contributed by atoms with Crippen LogP contribution in [0.15, 0.2) is 24.3 Å². The monoisotopic (exact) mass is 218 g/mol. The molecule has 2 fully saturated rings. The van der Waals surface area contributed by atoms with Crippen LogP contribution in [0.4, 0.5) is 0 Å². The second-order valence-electron chi connectivity index (χ2n) is 6.21. The first-order chi connectivity index (χ1) is 7.52. The summed E-state index contributed by atoms with van der Waals surface area (Å²) < 4.78 is 6.13. The maximum Gasteiger partial charge on any atom is 0.105 e. The summed E-state index contributed by atoms with van der Waals surface area (Å²) in [5.74, 6) is 1.24. The van der Waals surface area contributed by atoms with Gasteiger partial charge < -0.3 is 4.74 Å². The molecular formula is C15H22O. The predicted octanol–water partition coefficient (Wildman–Crippen LogP) is 3.71. The third-order valence-corrected chi connectivity index (χ3v) is 5.54. The maximum absolute atomic E-state index is 6.13. The van der Waals surface area contributed by atoms with Gasteiger partial charge in [0.2, 0.25) is 0 Å². The number of hydrogen-bond donors (Lipinski definition) is 0. The van der Waals surface area contributed by atoms with E-state index in [2.05, 4.69) is 39.5 Å². The third kappa shape index (κ3) is 1.01. The van der Waals surface area contributed by atoms with Crippen LogP contribution in [-0.2, 0) is 4.74 Å². The van der Waals surface area contributed by atoms with Crippen molar-refractivity contribution in [3.63, 3.8) is 0 Å². The zero-order chi connectivity index (χ0) is 11.6. The van der Waals surface area contributed by atoms with E-state index in [4.69, 9.17) is 4.74 Å². The van der Waals surface area contributed by atoms with E-state index in [1.54, 1.807) is 0 Å². The van der Waals surface area contributed by atoms with Crippen LogP contribution in [0.3, 0.4) is 0 Å².